The molecular formula is C42H26ClNO3. The Morgan fingerprint density at radius 2 is 1.04 bits per heavy atom. The lowest BCUT2D eigenvalue weighted by molar-refractivity contribution is 0.360. The first kappa shape index (κ1) is 27.3. The van der Waals surface area contributed by atoms with Crippen molar-refractivity contribution in [3.8, 4) is 45.3 Å². The standard InChI is InChI=1S/C42H26ClNO3/c43-30-18-14-29(15-19-30)35-24-33(25-36-34-10-4-5-11-37(34)47-42(35)36)44(31-20-16-28(17-21-31)27-8-2-1-3-9-27)32-22-23-40-41(26-32)46-39-13-7-6-12-38(39)45-40/h1-26H. The molecule has 1 aliphatic rings. The van der Waals surface area contributed by atoms with Crippen molar-refractivity contribution in [1.82, 2.24) is 0 Å². The maximum Gasteiger partial charge on any atom is 0.172 e. The van der Waals surface area contributed by atoms with Crippen molar-refractivity contribution in [1.29, 1.82) is 0 Å². The van der Waals surface area contributed by atoms with E-state index in [0.29, 0.717) is 28.0 Å². The van der Waals surface area contributed by atoms with Gasteiger partial charge in [0, 0.05) is 38.8 Å². The maximum atomic E-state index is 6.50. The van der Waals surface area contributed by atoms with Crippen LogP contribution in [0.5, 0.6) is 23.0 Å². The summed E-state index contributed by atoms with van der Waals surface area (Å²) in [6, 6.07) is 53.3. The van der Waals surface area contributed by atoms with Crippen molar-refractivity contribution in [2.75, 3.05) is 4.90 Å². The van der Waals surface area contributed by atoms with E-state index in [2.05, 4.69) is 77.7 Å². The zero-order chi connectivity index (χ0) is 31.3. The monoisotopic (exact) mass is 627 g/mol. The van der Waals surface area contributed by atoms with Gasteiger partial charge in [0.15, 0.2) is 23.0 Å². The molecule has 1 aliphatic heterocycles. The second-order valence-electron chi connectivity index (χ2n) is 11.5. The Balaban J connectivity index is 1.26. The Kier molecular flexibility index (Phi) is 6.47. The van der Waals surface area contributed by atoms with Crippen LogP contribution >= 0.6 is 11.6 Å². The third-order valence-electron chi connectivity index (χ3n) is 8.58. The van der Waals surface area contributed by atoms with Crippen molar-refractivity contribution < 1.29 is 13.9 Å². The molecule has 0 spiro atoms. The van der Waals surface area contributed by atoms with Gasteiger partial charge in [-0.15, -0.1) is 0 Å². The number of fused-ring (bicyclic) bond motifs is 5. The molecule has 224 valence electrons. The minimum atomic E-state index is 0.653. The number of nitrogens with zero attached hydrogens (tertiary/aromatic N) is 1. The van der Waals surface area contributed by atoms with E-state index < -0.39 is 0 Å². The van der Waals surface area contributed by atoms with Crippen LogP contribution in [0.3, 0.4) is 0 Å². The minimum Gasteiger partial charge on any atom is -0.455 e. The van der Waals surface area contributed by atoms with Gasteiger partial charge < -0.3 is 18.8 Å². The highest BCUT2D eigenvalue weighted by Crippen LogP contribution is 2.49. The van der Waals surface area contributed by atoms with Crippen LogP contribution in [-0.4, -0.2) is 0 Å². The molecule has 0 radical (unpaired) electrons. The molecule has 0 unspecified atom stereocenters. The summed E-state index contributed by atoms with van der Waals surface area (Å²) in [4.78, 5) is 2.25. The molecular weight excluding hydrogens is 602 g/mol. The molecule has 5 heteroatoms. The van der Waals surface area contributed by atoms with Crippen molar-refractivity contribution in [2.24, 2.45) is 0 Å². The Labute approximate surface area is 276 Å². The first-order valence-corrected chi connectivity index (χ1v) is 15.8. The van der Waals surface area contributed by atoms with E-state index in [4.69, 9.17) is 25.5 Å². The summed E-state index contributed by atoms with van der Waals surface area (Å²) in [6.45, 7) is 0. The largest absolute Gasteiger partial charge is 0.455 e. The molecule has 0 saturated carbocycles. The number of hydrogen-bond donors (Lipinski definition) is 0. The summed E-state index contributed by atoms with van der Waals surface area (Å²) in [5, 5.41) is 2.77. The minimum absolute atomic E-state index is 0.653. The SMILES string of the molecule is Clc1ccc(-c2cc(N(c3ccc(-c4ccccc4)cc3)c3ccc4c(c3)Oc3ccccc3O4)cc3c2oc2ccccc23)cc1. The van der Waals surface area contributed by atoms with E-state index in [-0.39, 0.29) is 0 Å². The average Bonchev–Trinajstić information content (AvgIpc) is 3.50. The summed E-state index contributed by atoms with van der Waals surface area (Å²) >= 11 is 6.32. The van der Waals surface area contributed by atoms with Crippen LogP contribution in [0.1, 0.15) is 0 Å². The quantitative estimate of drug-likeness (QED) is 0.190. The molecule has 0 amide bonds. The number of anilines is 3. The predicted octanol–water partition coefficient (Wildman–Crippen LogP) is 12.9. The Morgan fingerprint density at radius 1 is 0.426 bits per heavy atom. The number of halogens is 1. The Bertz CT molecular complexity index is 2420. The molecule has 0 saturated heterocycles. The van der Waals surface area contributed by atoms with Crippen LogP contribution in [0.2, 0.25) is 5.02 Å². The fraction of sp³-hybridized carbons (Fsp3) is 0. The lowest BCUT2D eigenvalue weighted by Crippen LogP contribution is -2.11. The van der Waals surface area contributed by atoms with Gasteiger partial charge in [-0.25, -0.2) is 0 Å². The van der Waals surface area contributed by atoms with Crippen LogP contribution in [0.15, 0.2) is 162 Å². The summed E-state index contributed by atoms with van der Waals surface area (Å²) in [5.74, 6) is 2.71. The topological polar surface area (TPSA) is 34.8 Å². The molecule has 0 bridgehead atoms. The Hall–Kier alpha value is -5.97. The average molecular weight is 628 g/mol. The predicted molar refractivity (Wildman–Crippen MR) is 191 cm³/mol. The molecule has 0 aliphatic carbocycles. The van der Waals surface area contributed by atoms with Gasteiger partial charge in [0.25, 0.3) is 0 Å². The van der Waals surface area contributed by atoms with Gasteiger partial charge in [-0.1, -0.05) is 96.5 Å². The fourth-order valence-electron chi connectivity index (χ4n) is 6.32. The molecule has 2 heterocycles. The van der Waals surface area contributed by atoms with Crippen molar-refractivity contribution in [3.05, 3.63) is 163 Å². The van der Waals surface area contributed by atoms with E-state index in [1.54, 1.807) is 0 Å². The summed E-state index contributed by atoms with van der Waals surface area (Å²) < 4.78 is 19.1. The van der Waals surface area contributed by atoms with Crippen LogP contribution in [0.4, 0.5) is 17.1 Å². The van der Waals surface area contributed by atoms with Crippen LogP contribution in [0.25, 0.3) is 44.2 Å². The zero-order valence-electron chi connectivity index (χ0n) is 25.1. The van der Waals surface area contributed by atoms with Crippen molar-refractivity contribution in [2.45, 2.75) is 0 Å². The van der Waals surface area contributed by atoms with E-state index in [1.165, 1.54) is 5.56 Å². The molecule has 7 aromatic carbocycles. The van der Waals surface area contributed by atoms with Gasteiger partial charge in [-0.3, -0.25) is 0 Å². The van der Waals surface area contributed by atoms with Gasteiger partial charge in [0.05, 0.1) is 5.69 Å². The van der Waals surface area contributed by atoms with E-state index >= 15 is 0 Å². The van der Waals surface area contributed by atoms with Crippen molar-refractivity contribution in [3.63, 3.8) is 0 Å². The van der Waals surface area contributed by atoms with Gasteiger partial charge in [0.1, 0.15) is 11.2 Å². The van der Waals surface area contributed by atoms with Crippen LogP contribution in [0, 0.1) is 0 Å². The van der Waals surface area contributed by atoms with E-state index in [1.807, 2.05) is 84.9 Å². The Morgan fingerprint density at radius 3 is 1.83 bits per heavy atom. The number of furan rings is 1. The lowest BCUT2D eigenvalue weighted by atomic mass is 10.00. The van der Waals surface area contributed by atoms with Gasteiger partial charge in [-0.2, -0.15) is 0 Å². The number of hydrogen-bond acceptors (Lipinski definition) is 4. The smallest absolute Gasteiger partial charge is 0.172 e. The van der Waals surface area contributed by atoms with Gasteiger partial charge >= 0.3 is 0 Å². The highest BCUT2D eigenvalue weighted by Gasteiger charge is 2.23. The third kappa shape index (κ3) is 4.87. The number of ether oxygens (including phenoxy) is 2. The van der Waals surface area contributed by atoms with Crippen LogP contribution < -0.4 is 14.4 Å². The molecule has 4 nitrogen and oxygen atoms in total. The second-order valence-corrected chi connectivity index (χ2v) is 11.9. The second kappa shape index (κ2) is 11.1. The fourth-order valence-corrected chi connectivity index (χ4v) is 6.45. The maximum absolute atomic E-state index is 6.50. The van der Waals surface area contributed by atoms with Gasteiger partial charge in [-0.05, 0) is 83.4 Å². The molecule has 9 rings (SSSR count). The molecule has 47 heavy (non-hydrogen) atoms. The molecule has 1 aromatic heterocycles. The van der Waals surface area contributed by atoms with Crippen molar-refractivity contribution >= 4 is 50.6 Å². The summed E-state index contributed by atoms with van der Waals surface area (Å²) in [7, 11) is 0. The highest BCUT2D eigenvalue weighted by molar-refractivity contribution is 6.30. The summed E-state index contributed by atoms with van der Waals surface area (Å²) in [6.07, 6.45) is 0. The highest BCUT2D eigenvalue weighted by atomic mass is 35.5. The third-order valence-corrected chi connectivity index (χ3v) is 8.84. The molecule has 0 fully saturated rings. The lowest BCUT2D eigenvalue weighted by Gasteiger charge is -2.28. The first-order chi connectivity index (χ1) is 23.2. The molecule has 8 aromatic rings. The zero-order valence-corrected chi connectivity index (χ0v) is 25.8. The molecule has 0 N–H and O–H groups in total. The molecule has 0 atom stereocenters. The number of benzene rings is 7. The summed E-state index contributed by atoms with van der Waals surface area (Å²) in [5.41, 5.74) is 8.86. The first-order valence-electron chi connectivity index (χ1n) is 15.4. The van der Waals surface area contributed by atoms with E-state index in [9.17, 15) is 0 Å². The van der Waals surface area contributed by atoms with Gasteiger partial charge in [0.2, 0.25) is 0 Å². The normalized spacial score (nSPS) is 11.9. The number of rotatable bonds is 5. The van der Waals surface area contributed by atoms with Crippen LogP contribution in [-0.2, 0) is 0 Å². The number of para-hydroxylation sites is 3. The van der Waals surface area contributed by atoms with E-state index in [0.717, 1.165) is 55.7 Å².